The quantitative estimate of drug-likeness (QED) is 0.257. The maximum Gasteiger partial charge on any atom is 0.469 e. The van der Waals surface area contributed by atoms with E-state index in [0.717, 1.165) is 12.8 Å². The molecule has 1 fully saturated rings. The Kier molecular flexibility index (Phi) is 13.9. The molecule has 0 radical (unpaired) electrons. The summed E-state index contributed by atoms with van der Waals surface area (Å²) < 4.78 is 26.2. The normalized spacial score (nSPS) is 20.7. The van der Waals surface area contributed by atoms with Crippen LogP contribution in [0.1, 0.15) is 96.8 Å². The number of phosphoric acid groups is 1. The molecular weight excluding hydrogens is 355 g/mol. The molecule has 7 heteroatoms. The molecule has 1 aliphatic rings. The molecule has 1 heterocycles. The van der Waals surface area contributed by atoms with Crippen LogP contribution in [0.3, 0.4) is 0 Å². The lowest BCUT2D eigenvalue weighted by Gasteiger charge is -2.12. The number of rotatable bonds is 17. The SMILES string of the molecule is CCCCCCCCCCCCCCCC1OCC(COP(=O)(O)O)O1. The van der Waals surface area contributed by atoms with Gasteiger partial charge in [0.05, 0.1) is 13.2 Å². The highest BCUT2D eigenvalue weighted by atomic mass is 31.2. The summed E-state index contributed by atoms with van der Waals surface area (Å²) in [5.41, 5.74) is 0. The van der Waals surface area contributed by atoms with Crippen LogP contribution in [0, 0.1) is 0 Å². The maximum absolute atomic E-state index is 10.7. The molecule has 1 rings (SSSR count). The van der Waals surface area contributed by atoms with E-state index in [0.29, 0.717) is 6.61 Å². The summed E-state index contributed by atoms with van der Waals surface area (Å²) in [7, 11) is -4.42. The fourth-order valence-corrected chi connectivity index (χ4v) is 3.62. The van der Waals surface area contributed by atoms with Crippen LogP contribution in [0.5, 0.6) is 0 Å². The van der Waals surface area contributed by atoms with E-state index < -0.39 is 7.82 Å². The number of hydrogen-bond acceptors (Lipinski definition) is 4. The Balaban J connectivity index is 1.82. The zero-order valence-corrected chi connectivity index (χ0v) is 17.3. The van der Waals surface area contributed by atoms with Crippen LogP contribution in [-0.2, 0) is 18.6 Å². The Morgan fingerprint density at radius 2 is 1.38 bits per heavy atom. The predicted octanol–water partition coefficient (Wildman–Crippen LogP) is 5.32. The van der Waals surface area contributed by atoms with Gasteiger partial charge in [0.15, 0.2) is 6.29 Å². The highest BCUT2D eigenvalue weighted by Gasteiger charge is 2.28. The third-order valence-electron chi connectivity index (χ3n) is 4.78. The van der Waals surface area contributed by atoms with Gasteiger partial charge in [0.25, 0.3) is 0 Å². The molecule has 2 unspecified atom stereocenters. The van der Waals surface area contributed by atoms with E-state index in [1.54, 1.807) is 0 Å². The Hall–Kier alpha value is 0.0300. The zero-order valence-electron chi connectivity index (χ0n) is 16.4. The van der Waals surface area contributed by atoms with E-state index >= 15 is 0 Å². The zero-order chi connectivity index (χ0) is 19.1. The summed E-state index contributed by atoms with van der Waals surface area (Å²) in [5.74, 6) is 0. The monoisotopic (exact) mass is 394 g/mol. The van der Waals surface area contributed by atoms with Gasteiger partial charge in [-0.25, -0.2) is 4.57 Å². The van der Waals surface area contributed by atoms with Crippen molar-refractivity contribution < 1.29 is 28.3 Å². The lowest BCUT2D eigenvalue weighted by molar-refractivity contribution is -0.0698. The van der Waals surface area contributed by atoms with Crippen LogP contribution < -0.4 is 0 Å². The second kappa shape index (κ2) is 15.0. The molecule has 0 aromatic heterocycles. The van der Waals surface area contributed by atoms with Crippen LogP contribution in [0.25, 0.3) is 0 Å². The van der Waals surface area contributed by atoms with Crippen LogP contribution >= 0.6 is 7.82 Å². The van der Waals surface area contributed by atoms with Gasteiger partial charge < -0.3 is 19.3 Å². The van der Waals surface area contributed by atoms with Crippen molar-refractivity contribution in [2.45, 2.75) is 109 Å². The van der Waals surface area contributed by atoms with E-state index in [-0.39, 0.29) is 19.0 Å². The first kappa shape index (κ1) is 24.1. The van der Waals surface area contributed by atoms with E-state index in [2.05, 4.69) is 11.4 Å². The number of unbranched alkanes of at least 4 members (excludes halogenated alkanes) is 12. The molecule has 0 saturated carbocycles. The summed E-state index contributed by atoms with van der Waals surface area (Å²) >= 11 is 0. The summed E-state index contributed by atoms with van der Waals surface area (Å²) in [6.07, 6.45) is 17.4. The summed E-state index contributed by atoms with van der Waals surface area (Å²) in [5, 5.41) is 0. The number of phosphoric ester groups is 1. The molecule has 0 aromatic rings. The molecule has 0 spiro atoms. The Morgan fingerprint density at radius 1 is 0.885 bits per heavy atom. The van der Waals surface area contributed by atoms with Crippen molar-refractivity contribution >= 4 is 7.82 Å². The fraction of sp³-hybridized carbons (Fsp3) is 1.00. The third kappa shape index (κ3) is 14.1. The van der Waals surface area contributed by atoms with Gasteiger partial charge in [0.2, 0.25) is 0 Å². The first-order valence-electron chi connectivity index (χ1n) is 10.5. The van der Waals surface area contributed by atoms with Gasteiger partial charge in [-0.3, -0.25) is 4.52 Å². The molecule has 1 saturated heterocycles. The average Bonchev–Trinajstić information content (AvgIpc) is 3.04. The van der Waals surface area contributed by atoms with Gasteiger partial charge in [-0.15, -0.1) is 0 Å². The highest BCUT2D eigenvalue weighted by Crippen LogP contribution is 2.36. The lowest BCUT2D eigenvalue weighted by Crippen LogP contribution is -2.18. The van der Waals surface area contributed by atoms with Crippen LogP contribution in [0.4, 0.5) is 0 Å². The Labute approximate surface area is 159 Å². The molecule has 2 atom stereocenters. The molecule has 0 amide bonds. The molecule has 1 aliphatic heterocycles. The Bertz CT molecular complexity index is 373. The lowest BCUT2D eigenvalue weighted by atomic mass is 10.0. The van der Waals surface area contributed by atoms with Crippen molar-refractivity contribution in [3.05, 3.63) is 0 Å². The average molecular weight is 394 g/mol. The standard InChI is InChI=1S/C19H39O6P/c1-2-3-4-5-6-7-8-9-10-11-12-13-14-15-19-23-16-18(25-19)17-24-26(20,21)22/h18-19H,2-17H2,1H3,(H2,20,21,22). The van der Waals surface area contributed by atoms with E-state index in [1.807, 2.05) is 0 Å². The van der Waals surface area contributed by atoms with Crippen molar-refractivity contribution in [1.29, 1.82) is 0 Å². The van der Waals surface area contributed by atoms with Crippen molar-refractivity contribution in [3.63, 3.8) is 0 Å². The van der Waals surface area contributed by atoms with Gasteiger partial charge in [-0.2, -0.15) is 0 Å². The van der Waals surface area contributed by atoms with E-state index in [9.17, 15) is 4.57 Å². The minimum atomic E-state index is -4.42. The van der Waals surface area contributed by atoms with Crippen LogP contribution in [0.2, 0.25) is 0 Å². The molecule has 6 nitrogen and oxygen atoms in total. The molecule has 0 bridgehead atoms. The highest BCUT2D eigenvalue weighted by molar-refractivity contribution is 7.46. The van der Waals surface area contributed by atoms with Crippen LogP contribution in [-0.4, -0.2) is 35.4 Å². The van der Waals surface area contributed by atoms with E-state index in [4.69, 9.17) is 19.3 Å². The summed E-state index contributed by atoms with van der Waals surface area (Å²) in [6.45, 7) is 2.47. The molecule has 156 valence electrons. The summed E-state index contributed by atoms with van der Waals surface area (Å²) in [6, 6.07) is 0. The largest absolute Gasteiger partial charge is 0.469 e. The van der Waals surface area contributed by atoms with Gasteiger partial charge in [0.1, 0.15) is 6.10 Å². The van der Waals surface area contributed by atoms with E-state index in [1.165, 1.54) is 77.0 Å². The molecular formula is C19H39O6P. The Morgan fingerprint density at radius 3 is 1.88 bits per heavy atom. The van der Waals surface area contributed by atoms with Gasteiger partial charge >= 0.3 is 7.82 Å². The minimum absolute atomic E-state index is 0.126. The third-order valence-corrected chi connectivity index (χ3v) is 5.27. The van der Waals surface area contributed by atoms with Crippen molar-refractivity contribution in [2.75, 3.05) is 13.2 Å². The van der Waals surface area contributed by atoms with Gasteiger partial charge in [0, 0.05) is 0 Å². The fourth-order valence-electron chi connectivity index (χ4n) is 3.26. The second-order valence-electron chi connectivity index (χ2n) is 7.34. The first-order valence-corrected chi connectivity index (χ1v) is 12.0. The van der Waals surface area contributed by atoms with Gasteiger partial charge in [-0.05, 0) is 12.8 Å². The molecule has 0 aromatic carbocycles. The minimum Gasteiger partial charge on any atom is -0.350 e. The summed E-state index contributed by atoms with van der Waals surface area (Å²) in [4.78, 5) is 17.3. The second-order valence-corrected chi connectivity index (χ2v) is 8.58. The number of ether oxygens (including phenoxy) is 2. The van der Waals surface area contributed by atoms with Crippen LogP contribution in [0.15, 0.2) is 0 Å². The predicted molar refractivity (Wildman–Crippen MR) is 103 cm³/mol. The molecule has 0 aliphatic carbocycles. The van der Waals surface area contributed by atoms with Crippen molar-refractivity contribution in [2.24, 2.45) is 0 Å². The maximum atomic E-state index is 10.7. The number of hydrogen-bond donors (Lipinski definition) is 2. The smallest absolute Gasteiger partial charge is 0.350 e. The van der Waals surface area contributed by atoms with Crippen molar-refractivity contribution in [1.82, 2.24) is 0 Å². The van der Waals surface area contributed by atoms with Gasteiger partial charge in [-0.1, -0.05) is 84.0 Å². The molecule has 2 N–H and O–H groups in total. The topological polar surface area (TPSA) is 85.2 Å². The molecule has 26 heavy (non-hydrogen) atoms. The van der Waals surface area contributed by atoms with Crippen molar-refractivity contribution in [3.8, 4) is 0 Å². The first-order chi connectivity index (χ1) is 12.5.